The Hall–Kier alpha value is -2.13. The number of sulfonamides is 1. The van der Waals surface area contributed by atoms with Gasteiger partial charge in [-0.2, -0.15) is 0 Å². The molecule has 2 rings (SSSR count). The summed E-state index contributed by atoms with van der Waals surface area (Å²) >= 11 is 12.1. The highest BCUT2D eigenvalue weighted by molar-refractivity contribution is 7.89. The van der Waals surface area contributed by atoms with Crippen LogP contribution in [-0.2, 0) is 19.6 Å². The molecule has 0 spiro atoms. The van der Waals surface area contributed by atoms with Crippen molar-refractivity contribution >= 4 is 50.7 Å². The van der Waals surface area contributed by atoms with Gasteiger partial charge in [-0.05, 0) is 50.1 Å². The average molecular weight is 486 g/mol. The molecule has 0 aliphatic heterocycles. The Morgan fingerprint density at radius 2 is 1.71 bits per heavy atom. The van der Waals surface area contributed by atoms with Crippen molar-refractivity contribution < 1.29 is 18.0 Å². The molecule has 2 N–H and O–H groups in total. The van der Waals surface area contributed by atoms with Crippen molar-refractivity contribution in [3.05, 3.63) is 57.6 Å². The molecule has 0 aromatic heterocycles. The number of halogens is 2. The molecule has 7 nitrogen and oxygen atoms in total. The van der Waals surface area contributed by atoms with E-state index in [1.165, 1.54) is 4.90 Å². The summed E-state index contributed by atoms with van der Waals surface area (Å²) in [5, 5.41) is 3.18. The summed E-state index contributed by atoms with van der Waals surface area (Å²) in [5.74, 6) is -0.812. The molecule has 0 heterocycles. The van der Waals surface area contributed by atoms with Gasteiger partial charge < -0.3 is 10.2 Å². The summed E-state index contributed by atoms with van der Waals surface area (Å²) in [6.45, 7) is 5.24. The van der Waals surface area contributed by atoms with Crippen molar-refractivity contribution in [2.75, 3.05) is 25.0 Å². The number of carbonyl (C=O) groups is 2. The minimum absolute atomic E-state index is 0.0803. The summed E-state index contributed by atoms with van der Waals surface area (Å²) < 4.78 is 27.5. The van der Waals surface area contributed by atoms with Crippen LogP contribution < -0.4 is 10.0 Å². The van der Waals surface area contributed by atoms with Crippen LogP contribution in [0.15, 0.2) is 41.3 Å². The highest BCUT2D eigenvalue weighted by Gasteiger charge is 2.20. The van der Waals surface area contributed by atoms with Crippen LogP contribution >= 0.6 is 23.2 Å². The van der Waals surface area contributed by atoms with Gasteiger partial charge in [0.1, 0.15) is 0 Å². The molecule has 2 aromatic rings. The van der Waals surface area contributed by atoms with Crippen LogP contribution in [0.25, 0.3) is 0 Å². The number of amides is 2. The number of carbonyl (C=O) groups excluding carboxylic acids is 2. The molecule has 0 radical (unpaired) electrons. The van der Waals surface area contributed by atoms with Crippen LogP contribution in [0, 0.1) is 13.8 Å². The number of hydrogen-bond donors (Lipinski definition) is 2. The monoisotopic (exact) mass is 485 g/mol. The second-order valence-corrected chi connectivity index (χ2v) is 9.52. The molecule has 0 fully saturated rings. The fourth-order valence-electron chi connectivity index (χ4n) is 2.87. The normalized spacial score (nSPS) is 11.3. The predicted octanol–water partition coefficient (Wildman–Crippen LogP) is 3.77. The topological polar surface area (TPSA) is 95.6 Å². The highest BCUT2D eigenvalue weighted by atomic mass is 35.5. The zero-order valence-corrected chi connectivity index (χ0v) is 19.9. The molecule has 31 heavy (non-hydrogen) atoms. The highest BCUT2D eigenvalue weighted by Crippen LogP contribution is 2.29. The molecule has 0 saturated carbocycles. The fourth-order valence-corrected chi connectivity index (χ4v) is 4.72. The predicted molar refractivity (Wildman–Crippen MR) is 123 cm³/mol. The second-order valence-electron chi connectivity index (χ2n) is 6.97. The number of para-hydroxylation sites is 1. The Bertz CT molecular complexity index is 1050. The number of nitrogens with one attached hydrogen (secondary N) is 2. The fraction of sp³-hybridized carbons (Fsp3) is 0.333. The molecular weight excluding hydrogens is 461 g/mol. The molecule has 2 amide bonds. The summed E-state index contributed by atoms with van der Waals surface area (Å²) in [6.07, 6.45) is -0.0853. The number of benzene rings is 2. The Labute approximate surface area is 192 Å². The summed E-state index contributed by atoms with van der Waals surface area (Å²) in [6, 6.07) is 9.99. The molecule has 0 aliphatic rings. The van der Waals surface area contributed by atoms with E-state index in [1.807, 2.05) is 13.0 Å². The molecule has 0 bridgehead atoms. The number of hydrogen-bond acceptors (Lipinski definition) is 4. The molecule has 0 aliphatic carbocycles. The molecule has 2 aromatic carbocycles. The largest absolute Gasteiger partial charge is 0.334 e. The van der Waals surface area contributed by atoms with E-state index in [0.717, 1.165) is 5.56 Å². The van der Waals surface area contributed by atoms with Crippen molar-refractivity contribution in [1.29, 1.82) is 0 Å². The lowest BCUT2D eigenvalue weighted by molar-refractivity contribution is -0.134. The first-order chi connectivity index (χ1) is 14.5. The zero-order chi connectivity index (χ0) is 23.2. The minimum atomic E-state index is -3.74. The van der Waals surface area contributed by atoms with Gasteiger partial charge in [0.2, 0.25) is 21.8 Å². The van der Waals surface area contributed by atoms with Gasteiger partial charge in [-0.3, -0.25) is 9.59 Å². The van der Waals surface area contributed by atoms with E-state index < -0.39 is 15.9 Å². The molecule has 0 atom stereocenters. The van der Waals surface area contributed by atoms with Crippen molar-refractivity contribution in [3.63, 3.8) is 0 Å². The van der Waals surface area contributed by atoms with Crippen LogP contribution in [0.5, 0.6) is 0 Å². The zero-order valence-electron chi connectivity index (χ0n) is 17.5. The van der Waals surface area contributed by atoms with E-state index in [0.29, 0.717) is 5.56 Å². The molecule has 0 unspecified atom stereocenters. The van der Waals surface area contributed by atoms with Crippen LogP contribution in [-0.4, -0.2) is 44.8 Å². The van der Waals surface area contributed by atoms with Crippen LogP contribution in [0.4, 0.5) is 5.69 Å². The lowest BCUT2D eigenvalue weighted by atomic mass is 10.2. The van der Waals surface area contributed by atoms with Gasteiger partial charge in [0.05, 0.1) is 27.2 Å². The van der Waals surface area contributed by atoms with Crippen LogP contribution in [0.1, 0.15) is 24.5 Å². The summed E-state index contributed by atoms with van der Waals surface area (Å²) in [7, 11) is -3.74. The number of nitrogens with zero attached hydrogens (tertiary/aromatic N) is 1. The first-order valence-corrected chi connectivity index (χ1v) is 11.9. The molecule has 168 valence electrons. The molecule has 10 heteroatoms. The van der Waals surface area contributed by atoms with Crippen LogP contribution in [0.2, 0.25) is 10.0 Å². The van der Waals surface area contributed by atoms with E-state index >= 15 is 0 Å². The van der Waals surface area contributed by atoms with E-state index in [4.69, 9.17) is 23.2 Å². The Morgan fingerprint density at radius 1 is 1.06 bits per heavy atom. The van der Waals surface area contributed by atoms with Gasteiger partial charge in [-0.15, -0.1) is 0 Å². The van der Waals surface area contributed by atoms with Crippen molar-refractivity contribution in [1.82, 2.24) is 9.62 Å². The SMILES string of the molecule is CCN(CC(=O)Nc1c(Cl)cccc1Cl)C(=O)CCNS(=O)(=O)c1cc(C)ccc1C. The smallest absolute Gasteiger partial charge is 0.244 e. The van der Waals surface area contributed by atoms with E-state index in [1.54, 1.807) is 44.2 Å². The van der Waals surface area contributed by atoms with Crippen molar-refractivity contribution in [2.24, 2.45) is 0 Å². The maximum absolute atomic E-state index is 12.5. The third kappa shape index (κ3) is 6.93. The van der Waals surface area contributed by atoms with Crippen molar-refractivity contribution in [2.45, 2.75) is 32.1 Å². The summed E-state index contributed by atoms with van der Waals surface area (Å²) in [4.78, 5) is 26.4. The van der Waals surface area contributed by atoms with E-state index in [9.17, 15) is 18.0 Å². The first-order valence-electron chi connectivity index (χ1n) is 9.63. The van der Waals surface area contributed by atoms with Crippen molar-refractivity contribution in [3.8, 4) is 0 Å². The number of rotatable bonds is 9. The quantitative estimate of drug-likeness (QED) is 0.564. The number of anilines is 1. The van der Waals surface area contributed by atoms with Gasteiger partial charge in [0.15, 0.2) is 0 Å². The Balaban J connectivity index is 1.94. The number of likely N-dealkylation sites (N-methyl/N-ethyl adjacent to an activating group) is 1. The Kier molecular flexibility index (Phi) is 8.88. The van der Waals surface area contributed by atoms with Crippen LogP contribution in [0.3, 0.4) is 0 Å². The molecule has 0 saturated heterocycles. The first kappa shape index (κ1) is 25.1. The van der Waals surface area contributed by atoms with Gasteiger partial charge in [0.25, 0.3) is 0 Å². The maximum Gasteiger partial charge on any atom is 0.244 e. The third-order valence-corrected chi connectivity index (χ3v) is 6.79. The Morgan fingerprint density at radius 3 is 2.32 bits per heavy atom. The average Bonchev–Trinajstić information content (AvgIpc) is 2.70. The van der Waals surface area contributed by atoms with Gasteiger partial charge in [-0.25, -0.2) is 13.1 Å². The lowest BCUT2D eigenvalue weighted by Gasteiger charge is -2.21. The van der Waals surface area contributed by atoms with Gasteiger partial charge >= 0.3 is 0 Å². The van der Waals surface area contributed by atoms with E-state index in [-0.39, 0.29) is 52.6 Å². The van der Waals surface area contributed by atoms with Gasteiger partial charge in [0, 0.05) is 19.5 Å². The maximum atomic E-state index is 12.5. The number of aryl methyl sites for hydroxylation is 2. The lowest BCUT2D eigenvalue weighted by Crippen LogP contribution is -2.39. The second kappa shape index (κ2) is 10.9. The van der Waals surface area contributed by atoms with E-state index in [2.05, 4.69) is 10.0 Å². The molecular formula is C21H25Cl2N3O4S. The third-order valence-electron chi connectivity index (χ3n) is 4.56. The van der Waals surface area contributed by atoms with Gasteiger partial charge in [-0.1, -0.05) is 41.4 Å². The standard InChI is InChI=1S/C21H25Cl2N3O4S/c1-4-26(13-19(27)25-21-16(22)6-5-7-17(21)23)20(28)10-11-24-31(29,30)18-12-14(2)8-9-15(18)3/h5-9,12,24H,4,10-11,13H2,1-3H3,(H,25,27). The summed E-state index contributed by atoms with van der Waals surface area (Å²) in [5.41, 5.74) is 1.72. The minimum Gasteiger partial charge on any atom is -0.334 e.